The van der Waals surface area contributed by atoms with E-state index in [1.807, 2.05) is 0 Å². The number of rotatable bonds is 0. The zero-order valence-corrected chi connectivity index (χ0v) is 12.8. The Morgan fingerprint density at radius 1 is 1.04 bits per heavy atom. The molecular weight excluding hydrogens is 300 g/mol. The zero-order valence-electron chi connectivity index (χ0n) is 12.8. The number of aromatic amines is 1. The van der Waals surface area contributed by atoms with E-state index < -0.39 is 0 Å². The highest BCUT2D eigenvalue weighted by Gasteiger charge is 2.11. The lowest BCUT2D eigenvalue weighted by molar-refractivity contribution is 0.705. The molecule has 23 heavy (non-hydrogen) atoms. The molecule has 0 aliphatic rings. The topological polar surface area (TPSA) is 116 Å². The summed E-state index contributed by atoms with van der Waals surface area (Å²) in [5.74, 6) is 0. The molecule has 0 aromatic carbocycles. The van der Waals surface area contributed by atoms with Crippen molar-refractivity contribution >= 4 is 22.3 Å². The van der Waals surface area contributed by atoms with Gasteiger partial charge in [-0.1, -0.05) is 0 Å². The molecule has 0 amide bonds. The molecule has 4 heterocycles. The summed E-state index contributed by atoms with van der Waals surface area (Å²) in [4.78, 5) is 41.6. The molecule has 4 aromatic rings. The quantitative estimate of drug-likeness (QED) is 0.460. The Balaban J connectivity index is 0.000000149. The van der Waals surface area contributed by atoms with E-state index in [0.29, 0.717) is 16.8 Å². The van der Waals surface area contributed by atoms with E-state index in [9.17, 15) is 9.59 Å². The van der Waals surface area contributed by atoms with Crippen molar-refractivity contribution in [2.45, 2.75) is 0 Å². The van der Waals surface area contributed by atoms with Crippen LogP contribution in [0.5, 0.6) is 0 Å². The molecule has 10 heteroatoms. The van der Waals surface area contributed by atoms with E-state index in [1.54, 1.807) is 31.2 Å². The summed E-state index contributed by atoms with van der Waals surface area (Å²) in [5, 5.41) is 0. The van der Waals surface area contributed by atoms with Crippen molar-refractivity contribution in [3.8, 4) is 0 Å². The minimum Gasteiger partial charge on any atom is -0.342 e. The maximum atomic E-state index is 11.7. The first kappa shape index (κ1) is 14.6. The standard InChI is InChI=1S/C8H10N4O2.C5H4N4/c1-10-4-9-6-5(10)7(13)12(3)8(14)11(6)2;1-4-5(8-2-6-1)9-3-7-4/h4H,1-3H3;1-3H,(H,6,7,8,9). The number of fused-ring (bicyclic) bond motifs is 2. The van der Waals surface area contributed by atoms with Crippen molar-refractivity contribution in [3.63, 3.8) is 0 Å². The molecule has 0 aliphatic heterocycles. The predicted octanol–water partition coefficient (Wildman–Crippen LogP) is -0.676. The number of aromatic nitrogens is 8. The summed E-state index contributed by atoms with van der Waals surface area (Å²) >= 11 is 0. The summed E-state index contributed by atoms with van der Waals surface area (Å²) in [6, 6.07) is 0. The van der Waals surface area contributed by atoms with E-state index in [0.717, 1.165) is 10.1 Å². The third kappa shape index (κ3) is 2.39. The predicted molar refractivity (Wildman–Crippen MR) is 82.9 cm³/mol. The molecule has 0 spiro atoms. The molecular formula is C13H14N8O2. The maximum absolute atomic E-state index is 11.7. The van der Waals surface area contributed by atoms with Gasteiger partial charge in [0.15, 0.2) is 16.8 Å². The molecule has 0 radical (unpaired) electrons. The monoisotopic (exact) mass is 314 g/mol. The van der Waals surface area contributed by atoms with Crippen molar-refractivity contribution in [2.24, 2.45) is 21.1 Å². The highest BCUT2D eigenvalue weighted by atomic mass is 16.2. The Kier molecular flexibility index (Phi) is 3.48. The van der Waals surface area contributed by atoms with Gasteiger partial charge in [0.1, 0.15) is 11.8 Å². The third-order valence-electron chi connectivity index (χ3n) is 3.41. The second-order valence-electron chi connectivity index (χ2n) is 4.90. The van der Waals surface area contributed by atoms with Crippen LogP contribution in [0.15, 0.2) is 34.8 Å². The first-order valence-electron chi connectivity index (χ1n) is 6.67. The largest absolute Gasteiger partial charge is 0.342 e. The van der Waals surface area contributed by atoms with Gasteiger partial charge in [0.2, 0.25) is 0 Å². The first-order chi connectivity index (χ1) is 11.0. The number of aryl methyl sites for hydroxylation is 2. The molecule has 10 nitrogen and oxygen atoms in total. The van der Waals surface area contributed by atoms with E-state index in [-0.39, 0.29) is 11.2 Å². The minimum absolute atomic E-state index is 0.317. The number of nitrogens with one attached hydrogen (secondary N) is 1. The molecule has 1 N–H and O–H groups in total. The Morgan fingerprint density at radius 3 is 2.57 bits per heavy atom. The van der Waals surface area contributed by atoms with Gasteiger partial charge in [0.05, 0.1) is 18.9 Å². The molecule has 118 valence electrons. The van der Waals surface area contributed by atoms with Gasteiger partial charge in [-0.05, 0) is 0 Å². The molecule has 0 aliphatic carbocycles. The van der Waals surface area contributed by atoms with Gasteiger partial charge in [-0.15, -0.1) is 0 Å². The first-order valence-corrected chi connectivity index (χ1v) is 6.67. The lowest BCUT2D eigenvalue weighted by atomic mass is 10.5. The highest BCUT2D eigenvalue weighted by molar-refractivity contribution is 5.69. The fourth-order valence-electron chi connectivity index (χ4n) is 2.16. The van der Waals surface area contributed by atoms with Crippen LogP contribution in [-0.2, 0) is 21.1 Å². The van der Waals surface area contributed by atoms with Crippen LogP contribution in [0.4, 0.5) is 0 Å². The van der Waals surface area contributed by atoms with Crippen LogP contribution in [0.2, 0.25) is 0 Å². The lowest BCUT2D eigenvalue weighted by Crippen LogP contribution is -2.37. The number of hydrogen-bond acceptors (Lipinski definition) is 6. The van der Waals surface area contributed by atoms with Crippen LogP contribution in [0.3, 0.4) is 0 Å². The smallest absolute Gasteiger partial charge is 0.332 e. The molecule has 0 fully saturated rings. The second kappa shape index (κ2) is 5.48. The van der Waals surface area contributed by atoms with E-state index in [1.165, 1.54) is 24.3 Å². The van der Waals surface area contributed by atoms with Crippen LogP contribution in [0, 0.1) is 0 Å². The lowest BCUT2D eigenvalue weighted by Gasteiger charge is -2.02. The average molecular weight is 314 g/mol. The molecule has 0 unspecified atom stereocenters. The normalized spacial score (nSPS) is 10.7. The molecule has 0 bridgehead atoms. The Labute approximate surface area is 129 Å². The SMILES string of the molecule is Cn1c(=O)c2c(ncn2C)n(C)c1=O.c1ncc2[nH]cnc2n1. The summed E-state index contributed by atoms with van der Waals surface area (Å²) in [5.41, 5.74) is 1.77. The van der Waals surface area contributed by atoms with Gasteiger partial charge < -0.3 is 9.55 Å². The van der Waals surface area contributed by atoms with Crippen molar-refractivity contribution in [1.29, 1.82) is 0 Å². The molecule has 0 atom stereocenters. The number of H-pyrrole nitrogens is 1. The van der Waals surface area contributed by atoms with Crippen LogP contribution in [0.25, 0.3) is 22.3 Å². The second-order valence-corrected chi connectivity index (χ2v) is 4.90. The fourth-order valence-corrected chi connectivity index (χ4v) is 2.16. The van der Waals surface area contributed by atoms with Gasteiger partial charge in [0.25, 0.3) is 5.56 Å². The van der Waals surface area contributed by atoms with Crippen molar-refractivity contribution in [3.05, 3.63) is 46.0 Å². The van der Waals surface area contributed by atoms with E-state index in [2.05, 4.69) is 24.9 Å². The van der Waals surface area contributed by atoms with Crippen molar-refractivity contribution in [1.82, 2.24) is 38.6 Å². The Hall–Kier alpha value is -3.30. The van der Waals surface area contributed by atoms with Crippen LogP contribution in [0.1, 0.15) is 0 Å². The van der Waals surface area contributed by atoms with E-state index >= 15 is 0 Å². The van der Waals surface area contributed by atoms with Crippen molar-refractivity contribution in [2.75, 3.05) is 0 Å². The van der Waals surface area contributed by atoms with Gasteiger partial charge >= 0.3 is 5.69 Å². The molecule has 0 saturated heterocycles. The maximum Gasteiger partial charge on any atom is 0.332 e. The average Bonchev–Trinajstić information content (AvgIpc) is 3.18. The molecule has 4 aromatic heterocycles. The summed E-state index contributed by atoms with van der Waals surface area (Å²) in [6.45, 7) is 0. The fraction of sp³-hybridized carbons (Fsp3) is 0.231. The van der Waals surface area contributed by atoms with Gasteiger partial charge in [0, 0.05) is 21.1 Å². The van der Waals surface area contributed by atoms with Crippen LogP contribution < -0.4 is 11.2 Å². The van der Waals surface area contributed by atoms with Gasteiger partial charge in [-0.3, -0.25) is 13.9 Å². The van der Waals surface area contributed by atoms with E-state index in [4.69, 9.17) is 0 Å². The Morgan fingerprint density at radius 2 is 1.83 bits per heavy atom. The zero-order chi connectivity index (χ0) is 16.6. The van der Waals surface area contributed by atoms with Gasteiger partial charge in [-0.25, -0.2) is 24.7 Å². The summed E-state index contributed by atoms with van der Waals surface area (Å²) < 4.78 is 4.04. The highest BCUT2D eigenvalue weighted by Crippen LogP contribution is 2.01. The number of nitrogens with zero attached hydrogens (tertiary/aromatic N) is 7. The molecule has 0 saturated carbocycles. The summed E-state index contributed by atoms with van der Waals surface area (Å²) in [7, 11) is 4.77. The van der Waals surface area contributed by atoms with Crippen LogP contribution in [-0.4, -0.2) is 38.6 Å². The van der Waals surface area contributed by atoms with Gasteiger partial charge in [-0.2, -0.15) is 0 Å². The minimum atomic E-state index is -0.360. The summed E-state index contributed by atoms with van der Waals surface area (Å²) in [6.07, 6.45) is 6.28. The number of hydrogen-bond donors (Lipinski definition) is 1. The molecule has 4 rings (SSSR count). The van der Waals surface area contributed by atoms with Crippen LogP contribution >= 0.6 is 0 Å². The van der Waals surface area contributed by atoms with Crippen molar-refractivity contribution < 1.29 is 0 Å². The Bertz CT molecular complexity index is 1070. The third-order valence-corrected chi connectivity index (χ3v) is 3.41. The number of imidazole rings is 2.